The van der Waals surface area contributed by atoms with Gasteiger partial charge in [-0.3, -0.25) is 4.79 Å². The lowest BCUT2D eigenvalue weighted by molar-refractivity contribution is -0.367. The van der Waals surface area contributed by atoms with Crippen molar-refractivity contribution in [3.63, 3.8) is 0 Å². The maximum atomic E-state index is 14.4. The molecule has 174 valence electrons. The second-order valence-corrected chi connectivity index (χ2v) is 9.12. The van der Waals surface area contributed by atoms with Gasteiger partial charge < -0.3 is 25.5 Å². The molecule has 0 unspecified atom stereocenters. The summed E-state index contributed by atoms with van der Waals surface area (Å²) in [6.45, 7) is 5.27. The molecule has 2 fully saturated rings. The minimum absolute atomic E-state index is 0.283. The molecule has 0 spiro atoms. The van der Waals surface area contributed by atoms with E-state index in [2.05, 4.69) is 25.6 Å². The minimum atomic E-state index is -0.640. The zero-order valence-corrected chi connectivity index (χ0v) is 18.8. The van der Waals surface area contributed by atoms with Crippen molar-refractivity contribution in [2.75, 3.05) is 19.7 Å². The number of H-pyrrole nitrogens is 2. The first kappa shape index (κ1) is 21.8. The van der Waals surface area contributed by atoms with Crippen LogP contribution in [-0.4, -0.2) is 52.8 Å². The van der Waals surface area contributed by atoms with Crippen molar-refractivity contribution >= 4 is 16.9 Å². The van der Waals surface area contributed by atoms with Crippen molar-refractivity contribution in [3.05, 3.63) is 41.1 Å². The summed E-state index contributed by atoms with van der Waals surface area (Å²) in [5.74, 6) is 0.384. The van der Waals surface area contributed by atoms with Crippen LogP contribution in [-0.2, 0) is 0 Å². The van der Waals surface area contributed by atoms with E-state index in [4.69, 9.17) is 4.74 Å². The number of benzene rings is 1. The Kier molecular flexibility index (Phi) is 5.76. The number of aliphatic hydroxyl groups is 1. The molecule has 1 aliphatic heterocycles. The number of nitrogens with one attached hydrogen (secondary N) is 4. The van der Waals surface area contributed by atoms with Crippen molar-refractivity contribution in [1.29, 1.82) is 0 Å². The molecule has 3 aromatic rings. The Balaban J connectivity index is 1.53. The number of ether oxygens (including phenoxy) is 1. The maximum absolute atomic E-state index is 14.4. The highest BCUT2D eigenvalue weighted by atomic mass is 19.1. The average molecular weight is 455 g/mol. The molecular weight excluding hydrogens is 425 g/mol. The van der Waals surface area contributed by atoms with E-state index in [0.29, 0.717) is 70.4 Å². The van der Waals surface area contributed by atoms with Crippen LogP contribution in [0.5, 0.6) is 5.75 Å². The molecule has 1 amide bonds. The Morgan fingerprint density at radius 2 is 2.15 bits per heavy atom. The summed E-state index contributed by atoms with van der Waals surface area (Å²) in [5, 5.41) is 16.3. The fraction of sp³-hybridized carbons (Fsp3) is 0.458. The number of rotatable bonds is 6. The first-order chi connectivity index (χ1) is 15.9. The first-order valence-corrected chi connectivity index (χ1v) is 11.4. The highest BCUT2D eigenvalue weighted by Gasteiger charge is 2.30. The predicted molar refractivity (Wildman–Crippen MR) is 120 cm³/mol. The zero-order valence-electron chi connectivity index (χ0n) is 18.8. The fourth-order valence-corrected chi connectivity index (χ4v) is 4.37. The number of β-amino-alcohol motifs (C(OH)–C–C–N with tert-alkyl or cyclic N) is 1. The van der Waals surface area contributed by atoms with E-state index >= 15 is 0 Å². The number of aliphatic hydroxyl groups excluding tert-OH is 1. The molecule has 8 nitrogen and oxygen atoms in total. The summed E-state index contributed by atoms with van der Waals surface area (Å²) < 4.78 is 20.4. The quantitative estimate of drug-likeness (QED) is 0.455. The van der Waals surface area contributed by atoms with Gasteiger partial charge in [-0.2, -0.15) is 0 Å². The maximum Gasteiger partial charge on any atom is 0.285 e. The smallest absolute Gasteiger partial charge is 0.285 e. The van der Waals surface area contributed by atoms with Crippen LogP contribution >= 0.6 is 0 Å². The van der Waals surface area contributed by atoms with Crippen LogP contribution in [0.4, 0.5) is 4.39 Å². The molecule has 3 heterocycles. The Hall–Kier alpha value is -3.04. The monoisotopic (exact) mass is 454 g/mol. The number of halogens is 1. The standard InChI is InChI=1S/C24H28FN5O3/c1-12-7-15(19(8-16(12)25)33-10-14-3-4-14)21-23-22(28-11-27-21)20(13(2)29-23)24(32)30-17-5-6-26-9-18(17)31/h7-8,11,14,17-18,26,29,31H,3-6,9-10H2,1-2H3,(H,30,32)/p+1/t17-,18-/m1/s1. The fourth-order valence-electron chi connectivity index (χ4n) is 4.37. The second kappa shape index (κ2) is 8.72. The van der Waals surface area contributed by atoms with Crippen LogP contribution in [0.3, 0.4) is 0 Å². The van der Waals surface area contributed by atoms with Gasteiger partial charge in [0.25, 0.3) is 12.2 Å². The number of hydrogen-bond donors (Lipinski definition) is 4. The number of carbonyl (C=O) groups excluding carboxylic acids is 1. The Morgan fingerprint density at radius 1 is 1.33 bits per heavy atom. The van der Waals surface area contributed by atoms with E-state index in [1.54, 1.807) is 13.0 Å². The second-order valence-electron chi connectivity index (χ2n) is 9.12. The molecule has 33 heavy (non-hydrogen) atoms. The molecule has 1 aromatic carbocycles. The van der Waals surface area contributed by atoms with Gasteiger partial charge in [0.2, 0.25) is 5.52 Å². The zero-order chi connectivity index (χ0) is 23.1. The number of aromatic nitrogens is 3. The third-order valence-electron chi connectivity index (χ3n) is 6.51. The highest BCUT2D eigenvalue weighted by molar-refractivity contribution is 6.08. The third-order valence-corrected chi connectivity index (χ3v) is 6.51. The lowest BCUT2D eigenvalue weighted by Gasteiger charge is -2.28. The van der Waals surface area contributed by atoms with E-state index < -0.39 is 6.10 Å². The molecule has 9 heteroatoms. The number of fused-ring (bicyclic) bond motifs is 1. The molecule has 2 aromatic heterocycles. The highest BCUT2D eigenvalue weighted by Crippen LogP contribution is 2.36. The molecule has 1 aliphatic carbocycles. The van der Waals surface area contributed by atoms with E-state index in [-0.39, 0.29) is 17.8 Å². The molecule has 0 bridgehead atoms. The van der Waals surface area contributed by atoms with Crippen LogP contribution in [0.25, 0.3) is 22.3 Å². The third kappa shape index (κ3) is 4.30. The molecule has 1 saturated carbocycles. The van der Waals surface area contributed by atoms with Gasteiger partial charge in [-0.1, -0.05) is 0 Å². The van der Waals surface area contributed by atoms with Crippen molar-refractivity contribution in [2.45, 2.75) is 45.3 Å². The van der Waals surface area contributed by atoms with Gasteiger partial charge in [-0.25, -0.2) is 9.37 Å². The molecule has 0 radical (unpaired) electrons. The van der Waals surface area contributed by atoms with Crippen LogP contribution in [0, 0.1) is 25.6 Å². The van der Waals surface area contributed by atoms with Gasteiger partial charge in [0, 0.05) is 18.3 Å². The molecule has 2 aliphatic rings. The number of aryl methyl sites for hydroxylation is 2. The van der Waals surface area contributed by atoms with Crippen LogP contribution in [0.1, 0.15) is 40.9 Å². The van der Waals surface area contributed by atoms with Crippen molar-refractivity contribution in [3.8, 4) is 17.0 Å². The van der Waals surface area contributed by atoms with Crippen LogP contribution in [0.15, 0.2) is 18.5 Å². The van der Waals surface area contributed by atoms with E-state index in [9.17, 15) is 14.3 Å². The predicted octanol–water partition coefficient (Wildman–Crippen LogP) is 2.04. The van der Waals surface area contributed by atoms with Gasteiger partial charge in [0.05, 0.1) is 24.3 Å². The molecule has 5 rings (SSSR count). The van der Waals surface area contributed by atoms with Crippen LogP contribution in [0.2, 0.25) is 0 Å². The minimum Gasteiger partial charge on any atom is -0.492 e. The van der Waals surface area contributed by atoms with Gasteiger partial charge in [0.15, 0.2) is 5.69 Å². The number of carbonyl (C=O) groups is 1. The SMILES string of the molecule is Cc1cc(-c2[nH+]cnc3c(C(=O)N[C@@H]4CCNC[C@H]4O)c(C)[nH]c23)c(OCC2CC2)cc1F. The van der Waals surface area contributed by atoms with Crippen LogP contribution < -0.4 is 20.4 Å². The topological polar surface area (TPSA) is 113 Å². The first-order valence-electron chi connectivity index (χ1n) is 11.4. The number of nitrogens with zero attached hydrogens (tertiary/aromatic N) is 1. The number of hydrogen-bond acceptors (Lipinski definition) is 5. The summed E-state index contributed by atoms with van der Waals surface area (Å²) >= 11 is 0. The lowest BCUT2D eigenvalue weighted by atomic mass is 10.0. The molecule has 1 saturated heterocycles. The van der Waals surface area contributed by atoms with Gasteiger partial charge >= 0.3 is 0 Å². The summed E-state index contributed by atoms with van der Waals surface area (Å²) in [5.41, 5.74) is 4.15. The lowest BCUT2D eigenvalue weighted by Crippen LogP contribution is -2.52. The Labute approximate surface area is 191 Å². The van der Waals surface area contributed by atoms with Gasteiger partial charge in [-0.05, 0) is 62.2 Å². The number of aromatic amines is 2. The van der Waals surface area contributed by atoms with Crippen molar-refractivity contribution < 1.29 is 24.0 Å². The van der Waals surface area contributed by atoms with Crippen molar-refractivity contribution in [1.82, 2.24) is 20.6 Å². The van der Waals surface area contributed by atoms with E-state index in [0.717, 1.165) is 19.4 Å². The Bertz CT molecular complexity index is 1210. The molecule has 5 N–H and O–H groups in total. The summed E-state index contributed by atoms with van der Waals surface area (Å²) in [6, 6.07) is 2.86. The average Bonchev–Trinajstić information content (AvgIpc) is 3.55. The van der Waals surface area contributed by atoms with Crippen molar-refractivity contribution in [2.24, 2.45) is 5.92 Å². The summed E-state index contributed by atoms with van der Waals surface area (Å²) in [7, 11) is 0. The molecular formula is C24H29FN5O3+. The van der Waals surface area contributed by atoms with E-state index in [1.807, 2.05) is 6.92 Å². The number of piperidine rings is 1. The van der Waals surface area contributed by atoms with E-state index in [1.165, 1.54) is 12.4 Å². The summed E-state index contributed by atoms with van der Waals surface area (Å²) in [4.78, 5) is 24.0. The number of amides is 1. The van der Waals surface area contributed by atoms with Gasteiger partial charge in [0.1, 0.15) is 22.6 Å². The Morgan fingerprint density at radius 3 is 2.91 bits per heavy atom. The molecule has 2 atom stereocenters. The largest absolute Gasteiger partial charge is 0.492 e. The van der Waals surface area contributed by atoms with Gasteiger partial charge in [-0.15, -0.1) is 0 Å². The summed E-state index contributed by atoms with van der Waals surface area (Å²) in [6.07, 6.45) is 3.81. The normalized spacial score (nSPS) is 20.7.